The Labute approximate surface area is 134 Å². The molecular formula is C18H18N2OS. The lowest BCUT2D eigenvalue weighted by Gasteiger charge is -2.06. The number of thiazole rings is 1. The maximum Gasteiger partial charge on any atom is 0.123 e. The number of benzene rings is 2. The van der Waals surface area contributed by atoms with Crippen LogP contribution in [0.25, 0.3) is 10.6 Å². The summed E-state index contributed by atoms with van der Waals surface area (Å²) in [4.78, 5) is 5.90. The van der Waals surface area contributed by atoms with E-state index in [-0.39, 0.29) is 6.61 Å². The summed E-state index contributed by atoms with van der Waals surface area (Å²) in [5, 5.41) is 13.6. The number of aryl methyl sites for hydroxylation is 1. The Morgan fingerprint density at radius 1 is 1.09 bits per heavy atom. The molecule has 3 aromatic rings. The predicted molar refractivity (Wildman–Crippen MR) is 92.0 cm³/mol. The van der Waals surface area contributed by atoms with Crippen LogP contribution in [0.5, 0.6) is 0 Å². The summed E-state index contributed by atoms with van der Waals surface area (Å²) < 4.78 is 0. The van der Waals surface area contributed by atoms with Gasteiger partial charge in [0.25, 0.3) is 0 Å². The molecule has 0 saturated carbocycles. The highest BCUT2D eigenvalue weighted by atomic mass is 32.1. The van der Waals surface area contributed by atoms with Gasteiger partial charge in [-0.15, -0.1) is 11.3 Å². The van der Waals surface area contributed by atoms with Crippen LogP contribution in [0.15, 0.2) is 54.6 Å². The highest BCUT2D eigenvalue weighted by Crippen LogP contribution is 2.28. The molecular weight excluding hydrogens is 292 g/mol. The Hall–Kier alpha value is -2.17. The van der Waals surface area contributed by atoms with Gasteiger partial charge >= 0.3 is 0 Å². The molecule has 0 saturated heterocycles. The van der Waals surface area contributed by atoms with E-state index in [1.165, 1.54) is 4.88 Å². The second-order valence-electron chi connectivity index (χ2n) is 5.11. The Bertz CT molecular complexity index is 753. The number of aliphatic hydroxyl groups is 1. The third kappa shape index (κ3) is 3.35. The second kappa shape index (κ2) is 6.73. The normalized spacial score (nSPS) is 10.6. The van der Waals surface area contributed by atoms with Crippen molar-refractivity contribution in [1.82, 2.24) is 4.98 Å². The summed E-state index contributed by atoms with van der Waals surface area (Å²) in [6.07, 6.45) is 0. The fourth-order valence-electron chi connectivity index (χ4n) is 2.26. The van der Waals surface area contributed by atoms with Crippen LogP contribution in [0.4, 0.5) is 5.69 Å². The zero-order valence-corrected chi connectivity index (χ0v) is 13.2. The molecule has 2 N–H and O–H groups in total. The third-order valence-electron chi connectivity index (χ3n) is 3.48. The van der Waals surface area contributed by atoms with Gasteiger partial charge in [-0.05, 0) is 24.6 Å². The second-order valence-corrected chi connectivity index (χ2v) is 6.19. The van der Waals surface area contributed by atoms with E-state index < -0.39 is 0 Å². The third-order valence-corrected chi connectivity index (χ3v) is 4.68. The number of aromatic nitrogens is 1. The maximum absolute atomic E-state index is 9.19. The Balaban J connectivity index is 1.74. The molecule has 0 aliphatic carbocycles. The first-order chi connectivity index (χ1) is 10.8. The molecule has 1 aromatic heterocycles. The standard InChI is InChI=1S/C18H18N2OS/c1-13-17(11-19-16-9-5-6-14(10-16)12-21)22-18(20-13)15-7-3-2-4-8-15/h2-10,19,21H,11-12H2,1H3. The Morgan fingerprint density at radius 3 is 2.68 bits per heavy atom. The molecule has 4 heteroatoms. The SMILES string of the molecule is Cc1nc(-c2ccccc2)sc1CNc1cccc(CO)c1. The van der Waals surface area contributed by atoms with E-state index >= 15 is 0 Å². The van der Waals surface area contributed by atoms with Gasteiger partial charge in [-0.3, -0.25) is 0 Å². The zero-order chi connectivity index (χ0) is 15.4. The van der Waals surface area contributed by atoms with Crippen LogP contribution >= 0.6 is 11.3 Å². The molecule has 22 heavy (non-hydrogen) atoms. The molecule has 0 radical (unpaired) electrons. The number of hydrogen-bond acceptors (Lipinski definition) is 4. The number of rotatable bonds is 5. The van der Waals surface area contributed by atoms with Crippen LogP contribution in [0.3, 0.4) is 0 Å². The summed E-state index contributed by atoms with van der Waals surface area (Å²) in [5.41, 5.74) is 4.15. The number of hydrogen-bond donors (Lipinski definition) is 2. The van der Waals surface area contributed by atoms with Crippen molar-refractivity contribution in [2.24, 2.45) is 0 Å². The van der Waals surface area contributed by atoms with E-state index in [4.69, 9.17) is 0 Å². The van der Waals surface area contributed by atoms with Crippen LogP contribution in [0.1, 0.15) is 16.1 Å². The van der Waals surface area contributed by atoms with E-state index in [1.54, 1.807) is 11.3 Å². The molecule has 0 atom stereocenters. The summed E-state index contributed by atoms with van der Waals surface area (Å²) in [5.74, 6) is 0. The van der Waals surface area contributed by atoms with Crippen molar-refractivity contribution in [3.05, 3.63) is 70.7 Å². The summed E-state index contributed by atoms with van der Waals surface area (Å²) in [6, 6.07) is 18.1. The van der Waals surface area contributed by atoms with Crippen LogP contribution in [-0.2, 0) is 13.2 Å². The molecule has 1 heterocycles. The average molecular weight is 310 g/mol. The summed E-state index contributed by atoms with van der Waals surface area (Å²) >= 11 is 1.72. The number of nitrogens with zero attached hydrogens (tertiary/aromatic N) is 1. The van der Waals surface area contributed by atoms with Crippen molar-refractivity contribution in [3.63, 3.8) is 0 Å². The van der Waals surface area contributed by atoms with Crippen molar-refractivity contribution in [3.8, 4) is 10.6 Å². The minimum absolute atomic E-state index is 0.0628. The first kappa shape index (κ1) is 14.8. The fraction of sp³-hybridized carbons (Fsp3) is 0.167. The Kier molecular flexibility index (Phi) is 4.51. The average Bonchev–Trinajstić information content (AvgIpc) is 2.95. The van der Waals surface area contributed by atoms with Gasteiger partial charge in [0.15, 0.2) is 0 Å². The molecule has 0 spiro atoms. The fourth-order valence-corrected chi connectivity index (χ4v) is 3.27. The molecule has 0 fully saturated rings. The molecule has 0 unspecified atom stereocenters. The first-order valence-electron chi connectivity index (χ1n) is 7.21. The van der Waals surface area contributed by atoms with Crippen molar-refractivity contribution in [2.45, 2.75) is 20.1 Å². The van der Waals surface area contributed by atoms with Gasteiger partial charge in [-0.25, -0.2) is 4.98 Å². The van der Waals surface area contributed by atoms with E-state index in [2.05, 4.69) is 22.4 Å². The Morgan fingerprint density at radius 2 is 1.91 bits per heavy atom. The lowest BCUT2D eigenvalue weighted by molar-refractivity contribution is 0.282. The number of aliphatic hydroxyl groups excluding tert-OH is 1. The van der Waals surface area contributed by atoms with Crippen LogP contribution in [0.2, 0.25) is 0 Å². The smallest absolute Gasteiger partial charge is 0.123 e. The predicted octanol–water partition coefficient (Wildman–Crippen LogP) is 4.22. The highest BCUT2D eigenvalue weighted by Gasteiger charge is 2.09. The lowest BCUT2D eigenvalue weighted by atomic mass is 10.2. The zero-order valence-electron chi connectivity index (χ0n) is 12.4. The van der Waals surface area contributed by atoms with E-state index in [0.717, 1.165) is 34.1 Å². The molecule has 3 rings (SSSR count). The molecule has 0 aliphatic heterocycles. The topological polar surface area (TPSA) is 45.2 Å². The van der Waals surface area contributed by atoms with Gasteiger partial charge in [-0.2, -0.15) is 0 Å². The molecule has 0 amide bonds. The molecule has 0 bridgehead atoms. The highest BCUT2D eigenvalue weighted by molar-refractivity contribution is 7.15. The summed E-state index contributed by atoms with van der Waals surface area (Å²) in [7, 11) is 0. The molecule has 2 aromatic carbocycles. The van der Waals surface area contributed by atoms with E-state index in [1.807, 2.05) is 49.4 Å². The first-order valence-corrected chi connectivity index (χ1v) is 8.03. The molecule has 3 nitrogen and oxygen atoms in total. The lowest BCUT2D eigenvalue weighted by Crippen LogP contribution is -1.99. The van der Waals surface area contributed by atoms with Crippen molar-refractivity contribution in [2.75, 3.05) is 5.32 Å². The van der Waals surface area contributed by atoms with E-state index in [0.29, 0.717) is 0 Å². The van der Waals surface area contributed by atoms with Gasteiger partial charge in [-0.1, -0.05) is 42.5 Å². The van der Waals surface area contributed by atoms with Gasteiger partial charge in [0.05, 0.1) is 18.8 Å². The molecule has 0 aliphatic rings. The van der Waals surface area contributed by atoms with Crippen LogP contribution < -0.4 is 5.32 Å². The minimum Gasteiger partial charge on any atom is -0.392 e. The quantitative estimate of drug-likeness (QED) is 0.741. The van der Waals surface area contributed by atoms with Gasteiger partial charge < -0.3 is 10.4 Å². The van der Waals surface area contributed by atoms with Crippen molar-refractivity contribution >= 4 is 17.0 Å². The minimum atomic E-state index is 0.0628. The monoisotopic (exact) mass is 310 g/mol. The van der Waals surface area contributed by atoms with Gasteiger partial charge in [0.2, 0.25) is 0 Å². The van der Waals surface area contributed by atoms with E-state index in [9.17, 15) is 5.11 Å². The molecule has 112 valence electrons. The largest absolute Gasteiger partial charge is 0.392 e. The van der Waals surface area contributed by atoms with Gasteiger partial charge in [0.1, 0.15) is 5.01 Å². The number of nitrogens with one attached hydrogen (secondary N) is 1. The number of anilines is 1. The van der Waals surface area contributed by atoms with Crippen molar-refractivity contribution < 1.29 is 5.11 Å². The maximum atomic E-state index is 9.19. The van der Waals surface area contributed by atoms with Gasteiger partial charge in [0, 0.05) is 16.1 Å². The van der Waals surface area contributed by atoms with Crippen molar-refractivity contribution in [1.29, 1.82) is 0 Å². The van der Waals surface area contributed by atoms with Crippen LogP contribution in [0, 0.1) is 6.92 Å². The van der Waals surface area contributed by atoms with Crippen LogP contribution in [-0.4, -0.2) is 10.1 Å². The summed E-state index contributed by atoms with van der Waals surface area (Å²) in [6.45, 7) is 2.85.